The number of rotatable bonds is 13. The summed E-state index contributed by atoms with van der Waals surface area (Å²) in [6, 6.07) is 21.8. The summed E-state index contributed by atoms with van der Waals surface area (Å²) in [5, 5.41) is 59.0. The predicted molar refractivity (Wildman–Crippen MR) is 233 cm³/mol. The lowest BCUT2D eigenvalue weighted by Crippen LogP contribution is -2.46. The van der Waals surface area contributed by atoms with E-state index < -0.39 is 30.1 Å². The van der Waals surface area contributed by atoms with Crippen LogP contribution in [0.25, 0.3) is 21.9 Å². The molecule has 2 aliphatic heterocycles. The lowest BCUT2D eigenvalue weighted by Gasteiger charge is -2.45. The number of aliphatic hydroxyl groups is 2. The maximum Gasteiger partial charge on any atom is 0.133 e. The first kappa shape index (κ1) is 41.2. The van der Waals surface area contributed by atoms with Crippen molar-refractivity contribution in [1.82, 2.24) is 0 Å². The van der Waals surface area contributed by atoms with Crippen LogP contribution < -0.4 is 18.9 Å². The summed E-state index contributed by atoms with van der Waals surface area (Å²) < 4.78 is 32.4. The number of aromatic hydroxyl groups is 3. The van der Waals surface area contributed by atoms with Gasteiger partial charge in [-0.25, -0.2) is 0 Å². The molecule has 5 atom stereocenters. The molecule has 9 rings (SSSR count). The summed E-state index contributed by atoms with van der Waals surface area (Å²) in [6.07, 6.45) is 7.97. The van der Waals surface area contributed by atoms with E-state index in [1.165, 1.54) is 0 Å². The second-order valence-corrected chi connectivity index (χ2v) is 17.5. The lowest BCUT2D eigenvalue weighted by atomic mass is 9.72. The average Bonchev–Trinajstić information content (AvgIpc) is 3.97. The van der Waals surface area contributed by atoms with Gasteiger partial charge in [-0.3, -0.25) is 0 Å². The van der Waals surface area contributed by atoms with Gasteiger partial charge in [-0.2, -0.15) is 0 Å². The molecular formula is C51H58O10. The van der Waals surface area contributed by atoms with E-state index in [9.17, 15) is 25.5 Å². The van der Waals surface area contributed by atoms with Gasteiger partial charge < -0.3 is 49.2 Å². The van der Waals surface area contributed by atoms with E-state index in [1.54, 1.807) is 37.4 Å². The van der Waals surface area contributed by atoms with Crippen LogP contribution in [0.5, 0.6) is 40.2 Å². The monoisotopic (exact) mass is 830 g/mol. The van der Waals surface area contributed by atoms with Gasteiger partial charge in [0.2, 0.25) is 0 Å². The predicted octanol–water partition coefficient (Wildman–Crippen LogP) is 10.00. The van der Waals surface area contributed by atoms with Crippen LogP contribution in [0.4, 0.5) is 0 Å². The van der Waals surface area contributed by atoms with Gasteiger partial charge in [-0.05, 0) is 154 Å². The number of hydrogen-bond donors (Lipinski definition) is 5. The van der Waals surface area contributed by atoms with Gasteiger partial charge in [0.1, 0.15) is 46.4 Å². The summed E-state index contributed by atoms with van der Waals surface area (Å²) in [7, 11) is 1.67. The van der Waals surface area contributed by atoms with E-state index in [2.05, 4.69) is 0 Å². The SMILES string of the molecule is CCc1cc(-c2cccc(O)c2)c(Cc2cc(OC3CCCC3)cc3c2OC[C@H]([C@H]2[C@@H](CCCOC)Oc4c(cc(OC5CCCC5)c5cc(O)ccc45)[C@@H]2O)[C@@H]3O)cc1O. The topological polar surface area (TPSA) is 147 Å². The molecular weight excluding hydrogens is 773 g/mol. The molecule has 5 aromatic rings. The van der Waals surface area contributed by atoms with E-state index >= 15 is 0 Å². The molecule has 2 fully saturated rings. The fourth-order valence-corrected chi connectivity index (χ4v) is 10.4. The Morgan fingerprint density at radius 3 is 2.18 bits per heavy atom. The summed E-state index contributed by atoms with van der Waals surface area (Å²) in [4.78, 5) is 0. The Balaban J connectivity index is 1.12. The van der Waals surface area contributed by atoms with Crippen LogP contribution in [0, 0.1) is 11.8 Å². The Bertz CT molecular complexity index is 2360. The van der Waals surface area contributed by atoms with Gasteiger partial charge in [0, 0.05) is 59.4 Å². The molecule has 0 unspecified atom stereocenters. The number of methoxy groups -OCH3 is 1. The third kappa shape index (κ3) is 8.30. The lowest BCUT2D eigenvalue weighted by molar-refractivity contribution is -0.0884. The fourth-order valence-electron chi connectivity index (χ4n) is 10.4. The van der Waals surface area contributed by atoms with Gasteiger partial charge in [0.25, 0.3) is 0 Å². The summed E-state index contributed by atoms with van der Waals surface area (Å²) in [6.45, 7) is 2.63. The molecule has 0 bridgehead atoms. The minimum atomic E-state index is -1.04. The van der Waals surface area contributed by atoms with Crippen LogP contribution >= 0.6 is 0 Å². The highest BCUT2D eigenvalue weighted by Crippen LogP contribution is 2.54. The van der Waals surface area contributed by atoms with E-state index in [4.69, 9.17) is 23.7 Å². The molecule has 0 radical (unpaired) electrons. The van der Waals surface area contributed by atoms with Crippen molar-refractivity contribution in [1.29, 1.82) is 0 Å². The molecule has 0 aromatic heterocycles. The minimum absolute atomic E-state index is 0.0484. The van der Waals surface area contributed by atoms with Gasteiger partial charge >= 0.3 is 0 Å². The highest BCUT2D eigenvalue weighted by Gasteiger charge is 2.48. The molecule has 5 aromatic carbocycles. The van der Waals surface area contributed by atoms with Crippen LogP contribution in [0.15, 0.2) is 72.8 Å². The number of fused-ring (bicyclic) bond motifs is 4. The quantitative estimate of drug-likeness (QED) is 0.0727. The molecule has 0 amide bonds. The Labute approximate surface area is 357 Å². The van der Waals surface area contributed by atoms with Crippen molar-refractivity contribution in [3.05, 3.63) is 101 Å². The van der Waals surface area contributed by atoms with Crippen molar-refractivity contribution in [2.45, 2.75) is 114 Å². The standard InChI is InChI=1S/C51H58O10/c1-3-29-23-39(30-10-8-11-33(52)21-30)31(24-44(29)54)20-32-22-37(59-35-12-4-5-13-35)26-41-48(55)43(28-58-50(32)41)47-45(16-9-19-57-2)61-51-38-18-17-34(53)25-40(38)46(27-42(51)49(47)56)60-36-14-6-7-15-36/h8,10-11,17-18,21-27,35-36,43,45,47-49,52-56H,3-7,9,12-16,19-20,28H2,1-2H3/t43-,45-,47+,48-,49+/m1/s1. The second-order valence-electron chi connectivity index (χ2n) is 17.5. The molecule has 61 heavy (non-hydrogen) atoms. The van der Waals surface area contributed by atoms with Crippen molar-refractivity contribution in [3.8, 4) is 51.4 Å². The van der Waals surface area contributed by atoms with E-state index in [0.717, 1.165) is 90.0 Å². The molecule has 2 heterocycles. The van der Waals surface area contributed by atoms with Crippen LogP contribution in [0.3, 0.4) is 0 Å². The molecule has 10 heteroatoms. The zero-order valence-corrected chi connectivity index (χ0v) is 35.1. The average molecular weight is 831 g/mol. The minimum Gasteiger partial charge on any atom is -0.508 e. The van der Waals surface area contributed by atoms with Gasteiger partial charge in [0.05, 0.1) is 31.0 Å². The summed E-state index contributed by atoms with van der Waals surface area (Å²) in [5.41, 5.74) is 5.32. The van der Waals surface area contributed by atoms with E-state index in [0.29, 0.717) is 66.4 Å². The Morgan fingerprint density at radius 2 is 1.44 bits per heavy atom. The van der Waals surface area contributed by atoms with Crippen molar-refractivity contribution >= 4 is 10.8 Å². The summed E-state index contributed by atoms with van der Waals surface area (Å²) in [5.74, 6) is 1.69. The highest BCUT2D eigenvalue weighted by atomic mass is 16.5. The summed E-state index contributed by atoms with van der Waals surface area (Å²) >= 11 is 0. The van der Waals surface area contributed by atoms with Crippen molar-refractivity contribution in [2.24, 2.45) is 11.8 Å². The fraction of sp³-hybridized carbons (Fsp3) is 0.451. The molecule has 10 nitrogen and oxygen atoms in total. The number of phenols is 3. The van der Waals surface area contributed by atoms with Crippen molar-refractivity contribution in [3.63, 3.8) is 0 Å². The zero-order chi connectivity index (χ0) is 42.2. The van der Waals surface area contributed by atoms with Gasteiger partial charge in [-0.1, -0.05) is 19.1 Å². The van der Waals surface area contributed by atoms with Gasteiger partial charge in [0.15, 0.2) is 0 Å². The Hall–Kier alpha value is -5.16. The number of aliphatic hydroxyl groups excluding tert-OH is 2. The largest absolute Gasteiger partial charge is 0.508 e. The molecule has 322 valence electrons. The first-order valence-electron chi connectivity index (χ1n) is 22.3. The smallest absolute Gasteiger partial charge is 0.133 e. The molecule has 0 saturated heterocycles. The number of benzene rings is 5. The van der Waals surface area contributed by atoms with Crippen LogP contribution in [0.2, 0.25) is 0 Å². The first-order valence-corrected chi connectivity index (χ1v) is 22.3. The van der Waals surface area contributed by atoms with Gasteiger partial charge in [-0.15, -0.1) is 0 Å². The van der Waals surface area contributed by atoms with Crippen LogP contribution in [0.1, 0.15) is 111 Å². The van der Waals surface area contributed by atoms with E-state index in [1.807, 2.05) is 49.4 Å². The molecule has 4 aliphatic rings. The molecule has 2 aliphatic carbocycles. The van der Waals surface area contributed by atoms with Crippen LogP contribution in [-0.2, 0) is 17.6 Å². The number of aryl methyl sites for hydroxylation is 1. The van der Waals surface area contributed by atoms with Crippen molar-refractivity contribution in [2.75, 3.05) is 20.3 Å². The Morgan fingerprint density at radius 1 is 0.705 bits per heavy atom. The van der Waals surface area contributed by atoms with E-state index in [-0.39, 0.29) is 36.1 Å². The number of ether oxygens (including phenoxy) is 5. The third-order valence-corrected chi connectivity index (χ3v) is 13.5. The third-order valence-electron chi connectivity index (χ3n) is 13.5. The van der Waals surface area contributed by atoms with Crippen LogP contribution in [-0.4, -0.2) is 64.2 Å². The first-order chi connectivity index (χ1) is 29.7. The Kier molecular flexibility index (Phi) is 11.9. The number of hydrogen-bond acceptors (Lipinski definition) is 10. The highest BCUT2D eigenvalue weighted by molar-refractivity contribution is 5.96. The maximum absolute atomic E-state index is 12.7. The second kappa shape index (κ2) is 17.7. The zero-order valence-electron chi connectivity index (χ0n) is 35.1. The molecule has 5 N–H and O–H groups in total. The number of phenolic OH excluding ortho intramolecular Hbond substituents is 3. The normalized spacial score (nSPS) is 22.7. The maximum atomic E-state index is 12.7. The molecule has 2 saturated carbocycles. The van der Waals surface area contributed by atoms with Crippen molar-refractivity contribution < 1.29 is 49.2 Å². The molecule has 0 spiro atoms.